The van der Waals surface area contributed by atoms with Gasteiger partial charge in [-0.2, -0.15) is 5.10 Å². The third-order valence-electron chi connectivity index (χ3n) is 7.73. The molecule has 0 radical (unpaired) electrons. The molecule has 8 heteroatoms. The molecular weight excluding hydrogens is 476 g/mol. The van der Waals surface area contributed by atoms with Crippen LogP contribution in [0.2, 0.25) is 0 Å². The quantitative estimate of drug-likeness (QED) is 0.556. The average Bonchev–Trinajstić information content (AvgIpc) is 3.24. The predicted octanol–water partition coefficient (Wildman–Crippen LogP) is 4.01. The van der Waals surface area contributed by atoms with Crippen molar-refractivity contribution in [2.75, 3.05) is 48.3 Å². The fourth-order valence-electron chi connectivity index (χ4n) is 5.34. The third-order valence-corrected chi connectivity index (χ3v) is 7.73. The van der Waals surface area contributed by atoms with Crippen molar-refractivity contribution in [2.45, 2.75) is 52.5 Å². The van der Waals surface area contributed by atoms with Crippen molar-refractivity contribution in [3.8, 4) is 0 Å². The van der Waals surface area contributed by atoms with Crippen molar-refractivity contribution in [3.05, 3.63) is 70.9 Å². The zero-order valence-electron chi connectivity index (χ0n) is 22.9. The Labute approximate surface area is 225 Å². The second kappa shape index (κ2) is 10.2. The molecule has 1 aromatic heterocycles. The van der Waals surface area contributed by atoms with Gasteiger partial charge in [0.2, 0.25) is 5.91 Å². The van der Waals surface area contributed by atoms with Crippen molar-refractivity contribution < 1.29 is 9.59 Å². The van der Waals surface area contributed by atoms with Crippen LogP contribution >= 0.6 is 0 Å². The number of nitrogens with two attached hydrogens (primary N) is 1. The van der Waals surface area contributed by atoms with Crippen LogP contribution in [0, 0.1) is 6.92 Å². The Kier molecular flexibility index (Phi) is 6.90. The van der Waals surface area contributed by atoms with Crippen LogP contribution in [-0.2, 0) is 23.2 Å². The van der Waals surface area contributed by atoms with Crippen LogP contribution in [0.25, 0.3) is 0 Å². The summed E-state index contributed by atoms with van der Waals surface area (Å²) in [5.41, 5.74) is 12.1. The number of benzene rings is 2. The Morgan fingerprint density at radius 2 is 1.55 bits per heavy atom. The van der Waals surface area contributed by atoms with E-state index in [0.717, 1.165) is 29.9 Å². The highest BCUT2D eigenvalue weighted by atomic mass is 16.2. The molecule has 8 nitrogen and oxygen atoms in total. The summed E-state index contributed by atoms with van der Waals surface area (Å²) in [5.74, 6) is 0.350. The summed E-state index contributed by atoms with van der Waals surface area (Å²) < 4.78 is 1.64. The molecule has 5 rings (SSSR count). The van der Waals surface area contributed by atoms with Gasteiger partial charge in [-0.15, -0.1) is 0 Å². The summed E-state index contributed by atoms with van der Waals surface area (Å²) in [4.78, 5) is 32.5. The number of rotatable bonds is 5. The molecule has 0 spiro atoms. The summed E-state index contributed by atoms with van der Waals surface area (Å²) in [6, 6.07) is 16.7. The number of piperazine rings is 1. The van der Waals surface area contributed by atoms with Crippen molar-refractivity contribution in [3.63, 3.8) is 0 Å². The molecule has 2 aliphatic heterocycles. The maximum absolute atomic E-state index is 13.4. The van der Waals surface area contributed by atoms with E-state index in [0.29, 0.717) is 44.1 Å². The van der Waals surface area contributed by atoms with Gasteiger partial charge in [-0.25, -0.2) is 0 Å². The van der Waals surface area contributed by atoms with Crippen LogP contribution in [0.5, 0.6) is 0 Å². The molecule has 0 saturated carbocycles. The lowest BCUT2D eigenvalue weighted by Crippen LogP contribution is -2.49. The summed E-state index contributed by atoms with van der Waals surface area (Å²) >= 11 is 0. The molecule has 3 aromatic rings. The molecule has 2 N–H and O–H groups in total. The minimum absolute atomic E-state index is 0.0780. The molecule has 200 valence electrons. The molecule has 2 amide bonds. The van der Waals surface area contributed by atoms with Crippen LogP contribution in [0.1, 0.15) is 54.4 Å². The molecule has 1 fully saturated rings. The van der Waals surface area contributed by atoms with Gasteiger partial charge in [0.05, 0.1) is 6.54 Å². The van der Waals surface area contributed by atoms with E-state index >= 15 is 0 Å². The van der Waals surface area contributed by atoms with E-state index in [2.05, 4.69) is 55.0 Å². The number of fused-ring (bicyclic) bond motifs is 1. The lowest BCUT2D eigenvalue weighted by atomic mass is 9.87. The number of anilines is 3. The van der Waals surface area contributed by atoms with Crippen molar-refractivity contribution in [1.82, 2.24) is 14.7 Å². The van der Waals surface area contributed by atoms with E-state index < -0.39 is 0 Å². The van der Waals surface area contributed by atoms with Gasteiger partial charge in [-0.3, -0.25) is 14.3 Å². The van der Waals surface area contributed by atoms with Crippen LogP contribution in [0.3, 0.4) is 0 Å². The molecule has 0 aliphatic carbocycles. The molecule has 2 aliphatic rings. The number of amides is 2. The normalized spacial score (nSPS) is 16.1. The highest BCUT2D eigenvalue weighted by Gasteiger charge is 2.32. The minimum Gasteiger partial charge on any atom is -0.382 e. The van der Waals surface area contributed by atoms with E-state index in [1.807, 2.05) is 36.1 Å². The first kappa shape index (κ1) is 25.8. The van der Waals surface area contributed by atoms with Gasteiger partial charge < -0.3 is 20.4 Å². The van der Waals surface area contributed by atoms with Gasteiger partial charge >= 0.3 is 0 Å². The molecule has 0 bridgehead atoms. The SMILES string of the molecule is Cc1ccc(N2CCc3c(N)nn(CCC(=O)N4CCN(c5ccc(C(C)(C)C)cc5)CC4)c3C2=O)cc1. The molecule has 0 unspecified atom stereocenters. The summed E-state index contributed by atoms with van der Waals surface area (Å²) in [6.07, 6.45) is 0.930. The number of aromatic nitrogens is 2. The molecule has 0 atom stereocenters. The highest BCUT2D eigenvalue weighted by Crippen LogP contribution is 2.29. The number of hydrogen-bond donors (Lipinski definition) is 1. The summed E-state index contributed by atoms with van der Waals surface area (Å²) in [7, 11) is 0. The zero-order valence-corrected chi connectivity index (χ0v) is 22.9. The molecular formula is C30H38N6O2. The van der Waals surface area contributed by atoms with Crippen LogP contribution in [-0.4, -0.2) is 59.2 Å². The Hall–Kier alpha value is -3.81. The Morgan fingerprint density at radius 3 is 2.18 bits per heavy atom. The van der Waals surface area contributed by atoms with E-state index in [4.69, 9.17) is 5.73 Å². The lowest BCUT2D eigenvalue weighted by Gasteiger charge is -2.36. The summed E-state index contributed by atoms with van der Waals surface area (Å²) in [5, 5.41) is 4.45. The lowest BCUT2D eigenvalue weighted by molar-refractivity contribution is -0.131. The fourth-order valence-corrected chi connectivity index (χ4v) is 5.34. The Balaban J connectivity index is 1.20. The van der Waals surface area contributed by atoms with Crippen LogP contribution in [0.15, 0.2) is 48.5 Å². The second-order valence-corrected chi connectivity index (χ2v) is 11.4. The maximum Gasteiger partial charge on any atom is 0.276 e. The zero-order chi connectivity index (χ0) is 27.0. The van der Waals surface area contributed by atoms with E-state index in [9.17, 15) is 9.59 Å². The number of carbonyl (C=O) groups excluding carboxylic acids is 2. The second-order valence-electron chi connectivity index (χ2n) is 11.4. The van der Waals surface area contributed by atoms with E-state index in [1.165, 1.54) is 11.3 Å². The number of hydrogen-bond acceptors (Lipinski definition) is 5. The summed E-state index contributed by atoms with van der Waals surface area (Å²) in [6.45, 7) is 12.5. The molecule has 2 aromatic carbocycles. The van der Waals surface area contributed by atoms with Crippen molar-refractivity contribution >= 4 is 29.0 Å². The number of aryl methyl sites for hydroxylation is 2. The van der Waals surface area contributed by atoms with Crippen molar-refractivity contribution in [1.29, 1.82) is 0 Å². The first-order valence-electron chi connectivity index (χ1n) is 13.5. The Bertz CT molecular complexity index is 1310. The van der Waals surface area contributed by atoms with Crippen LogP contribution in [0.4, 0.5) is 17.2 Å². The van der Waals surface area contributed by atoms with Gasteiger partial charge in [-0.1, -0.05) is 50.6 Å². The smallest absolute Gasteiger partial charge is 0.276 e. The minimum atomic E-state index is -0.113. The van der Waals surface area contributed by atoms with E-state index in [-0.39, 0.29) is 23.7 Å². The van der Waals surface area contributed by atoms with Crippen LogP contribution < -0.4 is 15.5 Å². The topological polar surface area (TPSA) is 87.7 Å². The largest absolute Gasteiger partial charge is 0.382 e. The number of nitrogens with zero attached hydrogens (tertiary/aromatic N) is 5. The van der Waals surface area contributed by atoms with Gasteiger partial charge in [0, 0.05) is 56.1 Å². The van der Waals surface area contributed by atoms with Gasteiger partial charge in [0.25, 0.3) is 5.91 Å². The molecule has 38 heavy (non-hydrogen) atoms. The standard InChI is InChI=1S/C30H38N6O2/c1-21-5-9-24(10-6-21)35-15-13-25-27(29(35)38)36(32-28(25)31)16-14-26(37)34-19-17-33(18-20-34)23-11-7-22(8-12-23)30(2,3)4/h5-12H,13-20H2,1-4H3,(H2,31,32). The highest BCUT2D eigenvalue weighted by molar-refractivity contribution is 6.07. The Morgan fingerprint density at radius 1 is 0.921 bits per heavy atom. The monoisotopic (exact) mass is 514 g/mol. The van der Waals surface area contributed by atoms with E-state index in [1.54, 1.807) is 9.58 Å². The fraction of sp³-hybridized carbons (Fsp3) is 0.433. The third kappa shape index (κ3) is 5.12. The first-order chi connectivity index (χ1) is 18.1. The van der Waals surface area contributed by atoms with Crippen molar-refractivity contribution in [2.24, 2.45) is 0 Å². The predicted molar refractivity (Wildman–Crippen MR) is 152 cm³/mol. The average molecular weight is 515 g/mol. The maximum atomic E-state index is 13.4. The van der Waals surface area contributed by atoms with Gasteiger partial charge in [-0.05, 0) is 48.6 Å². The van der Waals surface area contributed by atoms with Gasteiger partial charge in [0.1, 0.15) is 11.5 Å². The first-order valence-corrected chi connectivity index (χ1v) is 13.5. The molecule has 1 saturated heterocycles. The number of nitrogen functional groups attached to an aromatic ring is 1. The molecule has 3 heterocycles. The van der Waals surface area contributed by atoms with Gasteiger partial charge in [0.15, 0.2) is 0 Å². The number of carbonyl (C=O) groups is 2.